The van der Waals surface area contributed by atoms with E-state index < -0.39 is 15.9 Å². The number of aromatic nitrogens is 1. The Hall–Kier alpha value is -2.35. The first-order chi connectivity index (χ1) is 12.2. The van der Waals surface area contributed by atoms with E-state index in [0.717, 1.165) is 9.18 Å². The fourth-order valence-electron chi connectivity index (χ4n) is 2.65. The van der Waals surface area contributed by atoms with E-state index in [2.05, 4.69) is 16.0 Å². The minimum atomic E-state index is -3.82. The molecular weight excluding hydrogens is 374 g/mol. The van der Waals surface area contributed by atoms with Crippen LogP contribution in [-0.2, 0) is 19.6 Å². The van der Waals surface area contributed by atoms with Gasteiger partial charge < -0.3 is 4.74 Å². The van der Waals surface area contributed by atoms with Crippen LogP contribution in [0.3, 0.4) is 0 Å². The van der Waals surface area contributed by atoms with Crippen molar-refractivity contribution in [3.63, 3.8) is 0 Å². The molecule has 2 heterocycles. The maximum atomic E-state index is 12.9. The van der Waals surface area contributed by atoms with Crippen molar-refractivity contribution in [2.75, 3.05) is 12.4 Å². The Morgan fingerprint density at radius 2 is 2.19 bits per heavy atom. The number of ether oxygens (including phenoxy) is 1. The second kappa shape index (κ2) is 6.75. The lowest BCUT2D eigenvalue weighted by atomic mass is 10.1. The number of aryl methyl sites for hydroxylation is 1. The molecule has 0 fully saturated rings. The van der Waals surface area contributed by atoms with Crippen LogP contribution in [0.5, 0.6) is 0 Å². The molecule has 1 N–H and O–H groups in total. The second-order valence-corrected chi connectivity index (χ2v) is 9.33. The van der Waals surface area contributed by atoms with Crippen molar-refractivity contribution in [1.29, 1.82) is 0 Å². The van der Waals surface area contributed by atoms with Gasteiger partial charge in [0, 0.05) is 30.1 Å². The maximum Gasteiger partial charge on any atom is 0.278 e. The van der Waals surface area contributed by atoms with Crippen molar-refractivity contribution >= 4 is 32.4 Å². The van der Waals surface area contributed by atoms with Crippen molar-refractivity contribution in [3.05, 3.63) is 50.9 Å². The molecule has 0 atom stereocenters. The number of anilines is 1. The third-order valence-electron chi connectivity index (χ3n) is 3.79. The highest BCUT2D eigenvalue weighted by Crippen LogP contribution is 2.38. The number of likely N-dealkylation sites (N-methyl/N-ethyl adjacent to an activating group) is 1. The lowest BCUT2D eigenvalue weighted by molar-refractivity contribution is -0.114. The summed E-state index contributed by atoms with van der Waals surface area (Å²) in [5.41, 5.74) is 3.22. The van der Waals surface area contributed by atoms with Crippen LogP contribution >= 0.6 is 11.3 Å². The zero-order chi connectivity index (χ0) is 19.1. The monoisotopic (exact) mass is 393 g/mol. The van der Waals surface area contributed by atoms with Gasteiger partial charge in [0.15, 0.2) is 16.6 Å². The Morgan fingerprint density at radius 3 is 2.81 bits per heavy atom. The molecule has 3 rings (SSSR count). The molecule has 9 heteroatoms. The Balaban J connectivity index is 2.13. The van der Waals surface area contributed by atoms with Gasteiger partial charge in [0.25, 0.3) is 15.9 Å². The van der Waals surface area contributed by atoms with E-state index in [1.807, 2.05) is 20.8 Å². The van der Waals surface area contributed by atoms with Crippen LogP contribution in [0.15, 0.2) is 46.0 Å². The predicted molar refractivity (Wildman–Crippen MR) is 99.7 cm³/mol. The third kappa shape index (κ3) is 3.21. The SMILES string of the molecule is Cc1cnc(NC(=O)C2=C(OC(C)C)C3=C(CC=C=C3)S(=O)(=O)N2C)s1. The van der Waals surface area contributed by atoms with Crippen molar-refractivity contribution in [3.8, 4) is 0 Å². The normalized spacial score (nSPS) is 18.4. The molecule has 0 radical (unpaired) electrons. The van der Waals surface area contributed by atoms with Crippen LogP contribution in [-0.4, -0.2) is 36.8 Å². The van der Waals surface area contributed by atoms with E-state index in [1.165, 1.54) is 18.4 Å². The van der Waals surface area contributed by atoms with Gasteiger partial charge >= 0.3 is 0 Å². The standard InChI is InChI=1S/C17H19N3O4S2/c1-10(2)24-15-12-7-5-6-8-13(12)26(22,23)20(4)14(15)16(21)19-17-18-9-11(3)25-17/h6-7,9-10H,8H2,1-4H3,(H,18,19,21). The Bertz CT molecular complexity index is 993. The first-order valence-electron chi connectivity index (χ1n) is 8.00. The van der Waals surface area contributed by atoms with Crippen LogP contribution < -0.4 is 5.32 Å². The zero-order valence-electron chi connectivity index (χ0n) is 14.9. The van der Waals surface area contributed by atoms with Gasteiger partial charge in [0.1, 0.15) is 0 Å². The van der Waals surface area contributed by atoms with Crippen LogP contribution in [0.25, 0.3) is 0 Å². The molecule has 7 nitrogen and oxygen atoms in total. The van der Waals surface area contributed by atoms with Gasteiger partial charge in [-0.3, -0.25) is 14.4 Å². The molecule has 0 aromatic carbocycles. The highest BCUT2D eigenvalue weighted by atomic mass is 32.2. The summed E-state index contributed by atoms with van der Waals surface area (Å²) in [7, 11) is -2.46. The number of nitrogens with zero attached hydrogens (tertiary/aromatic N) is 2. The summed E-state index contributed by atoms with van der Waals surface area (Å²) in [5.74, 6) is -0.353. The molecule has 1 aliphatic heterocycles. The molecule has 0 spiro atoms. The molecule has 1 aromatic heterocycles. The van der Waals surface area contributed by atoms with Crippen molar-refractivity contribution in [1.82, 2.24) is 9.29 Å². The summed E-state index contributed by atoms with van der Waals surface area (Å²) >= 11 is 1.31. The summed E-state index contributed by atoms with van der Waals surface area (Å²) in [6, 6.07) is 0. The van der Waals surface area contributed by atoms with Crippen LogP contribution in [0.2, 0.25) is 0 Å². The molecule has 1 amide bonds. The van der Waals surface area contributed by atoms with E-state index in [9.17, 15) is 13.2 Å². The first kappa shape index (κ1) is 18.4. The second-order valence-electron chi connectivity index (χ2n) is 6.10. The van der Waals surface area contributed by atoms with Crippen LogP contribution in [0.1, 0.15) is 25.1 Å². The lowest BCUT2D eigenvalue weighted by Gasteiger charge is -2.32. The maximum absolute atomic E-state index is 12.9. The molecule has 138 valence electrons. The molecule has 0 saturated carbocycles. The number of hydrogen-bond acceptors (Lipinski definition) is 6. The van der Waals surface area contributed by atoms with E-state index in [-0.39, 0.29) is 28.9 Å². The van der Waals surface area contributed by atoms with Crippen LogP contribution in [0.4, 0.5) is 5.13 Å². The number of nitrogens with one attached hydrogen (secondary N) is 1. The molecule has 1 aliphatic carbocycles. The van der Waals surface area contributed by atoms with Crippen LogP contribution in [0, 0.1) is 6.92 Å². The molecule has 26 heavy (non-hydrogen) atoms. The van der Waals surface area contributed by atoms with Gasteiger partial charge in [-0.2, -0.15) is 0 Å². The summed E-state index contributed by atoms with van der Waals surface area (Å²) < 4.78 is 32.6. The topological polar surface area (TPSA) is 88.6 Å². The average Bonchev–Trinajstić information content (AvgIpc) is 2.97. The summed E-state index contributed by atoms with van der Waals surface area (Å²) in [6.45, 7) is 5.50. The van der Waals surface area contributed by atoms with Crippen molar-refractivity contribution < 1.29 is 17.9 Å². The third-order valence-corrected chi connectivity index (χ3v) is 6.53. The number of amides is 1. The molecule has 0 unspecified atom stereocenters. The molecule has 1 aromatic rings. The number of rotatable bonds is 4. The summed E-state index contributed by atoms with van der Waals surface area (Å²) in [5, 5.41) is 3.06. The van der Waals surface area contributed by atoms with E-state index in [0.29, 0.717) is 10.7 Å². The minimum absolute atomic E-state index is 0.0646. The van der Waals surface area contributed by atoms with Gasteiger partial charge in [0.05, 0.1) is 11.0 Å². The van der Waals surface area contributed by atoms with Gasteiger partial charge in [-0.05, 0) is 32.9 Å². The van der Waals surface area contributed by atoms with Crippen molar-refractivity contribution in [2.24, 2.45) is 0 Å². The molecule has 0 saturated heterocycles. The van der Waals surface area contributed by atoms with Crippen molar-refractivity contribution in [2.45, 2.75) is 33.3 Å². The molecule has 2 aliphatic rings. The number of sulfonamides is 1. The number of allylic oxidation sites excluding steroid dienone is 2. The van der Waals surface area contributed by atoms with Gasteiger partial charge in [-0.25, -0.2) is 13.4 Å². The molecule has 0 bridgehead atoms. The number of carbonyl (C=O) groups excluding carboxylic acids is 1. The smallest absolute Gasteiger partial charge is 0.278 e. The Kier molecular flexibility index (Phi) is 4.79. The van der Waals surface area contributed by atoms with Gasteiger partial charge in [-0.15, -0.1) is 17.1 Å². The lowest BCUT2D eigenvalue weighted by Crippen LogP contribution is -2.39. The number of carbonyl (C=O) groups is 1. The fourth-order valence-corrected chi connectivity index (χ4v) is 4.77. The number of hydrogen-bond donors (Lipinski definition) is 1. The summed E-state index contributed by atoms with van der Waals surface area (Å²) in [6.07, 6.45) is 4.79. The number of thiazole rings is 1. The minimum Gasteiger partial charge on any atom is -0.488 e. The van der Waals surface area contributed by atoms with E-state index in [1.54, 1.807) is 18.3 Å². The Labute approximate surface area is 156 Å². The molecular formula is C17H19N3O4S2. The zero-order valence-corrected chi connectivity index (χ0v) is 16.5. The van der Waals surface area contributed by atoms with E-state index >= 15 is 0 Å². The van der Waals surface area contributed by atoms with E-state index in [4.69, 9.17) is 4.74 Å². The average molecular weight is 393 g/mol. The fraction of sp³-hybridized carbons (Fsp3) is 0.353. The predicted octanol–water partition coefficient (Wildman–Crippen LogP) is 2.67. The first-order valence-corrected chi connectivity index (χ1v) is 10.3. The Morgan fingerprint density at radius 1 is 1.46 bits per heavy atom. The van der Waals surface area contributed by atoms with Gasteiger partial charge in [-0.1, -0.05) is 0 Å². The van der Waals surface area contributed by atoms with Gasteiger partial charge in [0.2, 0.25) is 0 Å². The quantitative estimate of drug-likeness (QED) is 0.795. The highest BCUT2D eigenvalue weighted by Gasteiger charge is 2.40. The highest BCUT2D eigenvalue weighted by molar-refractivity contribution is 7.93. The largest absolute Gasteiger partial charge is 0.488 e. The summed E-state index contributed by atoms with van der Waals surface area (Å²) in [4.78, 5) is 18.1.